The first kappa shape index (κ1) is 19.3. The van der Waals surface area contributed by atoms with E-state index in [-0.39, 0.29) is 0 Å². The van der Waals surface area contributed by atoms with Crippen molar-refractivity contribution in [2.45, 2.75) is 11.5 Å². The van der Waals surface area contributed by atoms with Crippen LogP contribution in [-0.2, 0) is 11.5 Å². The predicted molar refractivity (Wildman–Crippen MR) is 111 cm³/mol. The molecule has 0 saturated carbocycles. The van der Waals surface area contributed by atoms with E-state index in [2.05, 4.69) is 0 Å². The lowest BCUT2D eigenvalue weighted by Crippen LogP contribution is -1.83. The van der Waals surface area contributed by atoms with E-state index in [0.717, 1.165) is 22.6 Å². The summed E-state index contributed by atoms with van der Waals surface area (Å²) in [6, 6.07) is 11.1. The fourth-order valence-corrected chi connectivity index (χ4v) is 8.88. The molecule has 0 amide bonds. The van der Waals surface area contributed by atoms with Gasteiger partial charge < -0.3 is 0 Å². The van der Waals surface area contributed by atoms with Gasteiger partial charge in [0.05, 0.1) is 0 Å². The van der Waals surface area contributed by atoms with Crippen LogP contribution in [0, 0.1) is 0 Å². The molecule has 22 heavy (non-hydrogen) atoms. The Hall–Kier alpha value is 1.000. The Kier molecular flexibility index (Phi) is 8.87. The summed E-state index contributed by atoms with van der Waals surface area (Å²) in [5, 5.41) is 2.84. The lowest BCUT2D eigenvalue weighted by Gasteiger charge is -2.07. The van der Waals surface area contributed by atoms with Crippen LogP contribution in [-0.4, -0.2) is 0 Å². The van der Waals surface area contributed by atoms with Crippen LogP contribution in [0.4, 0.5) is 0 Å². The SMILES string of the molecule is Clc1cccc(Cl)c1CSSSSCc1c(Cl)cccc1Cl. The molecule has 118 valence electrons. The maximum Gasteiger partial charge on any atom is 0.0461 e. The maximum atomic E-state index is 6.14. The van der Waals surface area contributed by atoms with Crippen LogP contribution in [0.5, 0.6) is 0 Å². The van der Waals surface area contributed by atoms with Crippen molar-refractivity contribution < 1.29 is 0 Å². The highest BCUT2D eigenvalue weighted by Gasteiger charge is 2.07. The lowest BCUT2D eigenvalue weighted by molar-refractivity contribution is 1.42. The molecule has 0 aliphatic carbocycles. The van der Waals surface area contributed by atoms with Gasteiger partial charge in [0.25, 0.3) is 0 Å². The summed E-state index contributed by atoms with van der Waals surface area (Å²) in [6.07, 6.45) is 0. The fraction of sp³-hybridized carbons (Fsp3) is 0.143. The predicted octanol–water partition coefficient (Wildman–Crippen LogP) is 8.68. The van der Waals surface area contributed by atoms with E-state index in [0.29, 0.717) is 20.1 Å². The molecule has 0 fully saturated rings. The summed E-state index contributed by atoms with van der Waals surface area (Å²) in [5.74, 6) is 1.53. The molecule has 2 aromatic rings. The fourth-order valence-electron chi connectivity index (χ4n) is 1.55. The van der Waals surface area contributed by atoms with Crippen molar-refractivity contribution in [3.05, 3.63) is 67.6 Å². The third-order valence-electron chi connectivity index (χ3n) is 2.65. The van der Waals surface area contributed by atoms with E-state index in [9.17, 15) is 0 Å². The Morgan fingerprint density at radius 2 is 0.909 bits per heavy atom. The second-order valence-electron chi connectivity index (χ2n) is 4.06. The van der Waals surface area contributed by atoms with Crippen molar-refractivity contribution in [1.29, 1.82) is 0 Å². The third-order valence-corrected chi connectivity index (χ3v) is 10.3. The monoisotopic (exact) mass is 446 g/mol. The van der Waals surface area contributed by atoms with Crippen molar-refractivity contribution in [2.24, 2.45) is 0 Å². The average Bonchev–Trinajstić information content (AvgIpc) is 2.47. The van der Waals surface area contributed by atoms with Gasteiger partial charge >= 0.3 is 0 Å². The highest BCUT2D eigenvalue weighted by Crippen LogP contribution is 2.47. The Morgan fingerprint density at radius 1 is 0.591 bits per heavy atom. The van der Waals surface area contributed by atoms with Gasteiger partial charge in [0, 0.05) is 42.7 Å². The third kappa shape index (κ3) is 5.82. The van der Waals surface area contributed by atoms with E-state index >= 15 is 0 Å². The van der Waals surface area contributed by atoms with Crippen LogP contribution < -0.4 is 0 Å². The molecule has 2 rings (SSSR count). The zero-order chi connectivity index (χ0) is 15.9. The van der Waals surface area contributed by atoms with Crippen molar-refractivity contribution >= 4 is 87.6 Å². The van der Waals surface area contributed by atoms with Gasteiger partial charge in [-0.2, -0.15) is 0 Å². The van der Waals surface area contributed by atoms with Crippen molar-refractivity contribution in [3.63, 3.8) is 0 Å². The maximum absolute atomic E-state index is 6.14. The topological polar surface area (TPSA) is 0 Å². The highest BCUT2D eigenvalue weighted by atomic mass is 35.5. The number of hydrogen-bond acceptors (Lipinski definition) is 4. The minimum Gasteiger partial charge on any atom is -0.0840 e. The molecule has 0 nitrogen and oxygen atoms in total. The van der Waals surface area contributed by atoms with Crippen LogP contribution in [0.1, 0.15) is 11.1 Å². The van der Waals surface area contributed by atoms with E-state index in [1.165, 1.54) is 0 Å². The van der Waals surface area contributed by atoms with Gasteiger partial charge in [0.15, 0.2) is 0 Å². The summed E-state index contributed by atoms with van der Waals surface area (Å²) in [5.41, 5.74) is 1.95. The molecule has 0 heterocycles. The van der Waals surface area contributed by atoms with E-state index in [1.54, 1.807) is 41.2 Å². The first-order valence-corrected chi connectivity index (χ1v) is 12.7. The van der Waals surface area contributed by atoms with Crippen LogP contribution >= 0.6 is 87.6 Å². The van der Waals surface area contributed by atoms with Crippen LogP contribution in [0.3, 0.4) is 0 Å². The van der Waals surface area contributed by atoms with Crippen molar-refractivity contribution in [1.82, 2.24) is 0 Å². The number of benzene rings is 2. The first-order valence-electron chi connectivity index (χ1n) is 6.03. The Labute approximate surface area is 165 Å². The van der Waals surface area contributed by atoms with Crippen LogP contribution in [0.25, 0.3) is 0 Å². The van der Waals surface area contributed by atoms with Crippen molar-refractivity contribution in [3.8, 4) is 0 Å². The molecule has 0 atom stereocenters. The molecule has 0 saturated heterocycles. The van der Waals surface area contributed by atoms with Gasteiger partial charge in [-0.15, -0.1) is 0 Å². The lowest BCUT2D eigenvalue weighted by atomic mass is 10.2. The smallest absolute Gasteiger partial charge is 0.0461 e. The normalized spacial score (nSPS) is 10.9. The minimum absolute atomic E-state index is 0.709. The summed E-state index contributed by atoms with van der Waals surface area (Å²) < 4.78 is 0. The van der Waals surface area contributed by atoms with Crippen LogP contribution in [0.2, 0.25) is 20.1 Å². The molecule has 0 N–H and O–H groups in total. The molecule has 2 aromatic carbocycles. The Bertz CT molecular complexity index is 540. The van der Waals surface area contributed by atoms with E-state index in [4.69, 9.17) is 46.4 Å². The molecule has 0 aromatic heterocycles. The first-order chi connectivity index (χ1) is 10.6. The van der Waals surface area contributed by atoms with E-state index < -0.39 is 0 Å². The Balaban J connectivity index is 1.72. The molecule has 8 heteroatoms. The summed E-state index contributed by atoms with van der Waals surface area (Å²) in [7, 11) is 6.78. The van der Waals surface area contributed by atoms with Gasteiger partial charge in [-0.05, 0) is 43.9 Å². The largest absolute Gasteiger partial charge is 0.0840 e. The standard InChI is InChI=1S/C14H10Cl4S4/c15-11-3-1-4-12(16)9(11)7-19-21-22-20-8-10-13(17)5-2-6-14(10)18/h1-6H,7-8H2. The second kappa shape index (κ2) is 10.1. The number of halogens is 4. The van der Waals surface area contributed by atoms with Gasteiger partial charge in [0.2, 0.25) is 0 Å². The van der Waals surface area contributed by atoms with Gasteiger partial charge in [-0.1, -0.05) is 80.1 Å². The molecule has 0 spiro atoms. The summed E-state index contributed by atoms with van der Waals surface area (Å²) >= 11 is 24.5. The quantitative estimate of drug-likeness (QED) is 0.307. The summed E-state index contributed by atoms with van der Waals surface area (Å²) in [4.78, 5) is 0. The molecular weight excluding hydrogens is 438 g/mol. The number of hydrogen-bond donors (Lipinski definition) is 0. The second-order valence-corrected chi connectivity index (χ2v) is 11.7. The Morgan fingerprint density at radius 3 is 1.23 bits per heavy atom. The minimum atomic E-state index is 0.709. The molecular formula is C14H10Cl4S4. The highest BCUT2D eigenvalue weighted by molar-refractivity contribution is 9.25. The zero-order valence-electron chi connectivity index (χ0n) is 11.0. The molecule has 0 radical (unpaired) electrons. The van der Waals surface area contributed by atoms with Gasteiger partial charge in [-0.25, -0.2) is 0 Å². The summed E-state index contributed by atoms with van der Waals surface area (Å²) in [6.45, 7) is 0. The van der Waals surface area contributed by atoms with Crippen LogP contribution in [0.15, 0.2) is 36.4 Å². The molecule has 0 aliphatic heterocycles. The van der Waals surface area contributed by atoms with Gasteiger partial charge in [-0.3, -0.25) is 0 Å². The number of rotatable bonds is 7. The average molecular weight is 448 g/mol. The molecule has 0 aliphatic rings. The molecule has 0 bridgehead atoms. The van der Waals surface area contributed by atoms with Gasteiger partial charge in [0.1, 0.15) is 0 Å². The van der Waals surface area contributed by atoms with E-state index in [1.807, 2.05) is 36.4 Å². The van der Waals surface area contributed by atoms with Crippen molar-refractivity contribution in [2.75, 3.05) is 0 Å². The zero-order valence-corrected chi connectivity index (χ0v) is 17.3. The molecule has 0 unspecified atom stereocenters.